The molecule has 10 nitrogen and oxygen atoms in total. The maximum Gasteiger partial charge on any atom is 0.329 e. The van der Waals surface area contributed by atoms with Crippen molar-refractivity contribution < 1.29 is 9.84 Å². The molecule has 0 aliphatic rings. The average molecular weight is 448 g/mol. The SMILES string of the molecule is Cc1ccc(OCC(O)Cn2c(NN=Cc3ccccc3)nc3c2c(=O)[nH]c(=O)n3C)cc1. The van der Waals surface area contributed by atoms with Crippen molar-refractivity contribution in [2.45, 2.75) is 19.6 Å². The molecule has 4 rings (SSSR count). The Labute approximate surface area is 188 Å². The zero-order valence-corrected chi connectivity index (χ0v) is 18.2. The van der Waals surface area contributed by atoms with Gasteiger partial charge in [0.05, 0.1) is 12.8 Å². The highest BCUT2D eigenvalue weighted by Crippen LogP contribution is 2.17. The Morgan fingerprint density at radius 2 is 1.91 bits per heavy atom. The van der Waals surface area contributed by atoms with E-state index >= 15 is 0 Å². The Morgan fingerprint density at radius 1 is 1.18 bits per heavy atom. The van der Waals surface area contributed by atoms with Crippen LogP contribution in [0.25, 0.3) is 11.2 Å². The summed E-state index contributed by atoms with van der Waals surface area (Å²) in [5.41, 5.74) is 3.91. The molecule has 0 radical (unpaired) electrons. The number of benzene rings is 2. The highest BCUT2D eigenvalue weighted by molar-refractivity contribution is 5.80. The molecule has 33 heavy (non-hydrogen) atoms. The number of aromatic nitrogens is 4. The van der Waals surface area contributed by atoms with E-state index in [9.17, 15) is 14.7 Å². The molecule has 0 saturated heterocycles. The number of hydrogen-bond donors (Lipinski definition) is 3. The second kappa shape index (κ2) is 9.53. The fraction of sp³-hybridized carbons (Fsp3) is 0.217. The number of imidazole rings is 1. The third kappa shape index (κ3) is 5.01. The van der Waals surface area contributed by atoms with E-state index in [-0.39, 0.29) is 30.3 Å². The minimum absolute atomic E-state index is 0.000867. The van der Waals surface area contributed by atoms with Crippen LogP contribution in [0.4, 0.5) is 5.95 Å². The minimum atomic E-state index is -0.959. The number of aliphatic hydroxyl groups is 1. The number of aliphatic hydroxyl groups excluding tert-OH is 1. The molecule has 0 bridgehead atoms. The van der Waals surface area contributed by atoms with Gasteiger partial charge in [0.25, 0.3) is 5.56 Å². The van der Waals surface area contributed by atoms with Gasteiger partial charge in [-0.1, -0.05) is 48.0 Å². The van der Waals surface area contributed by atoms with Crippen LogP contribution in [-0.2, 0) is 13.6 Å². The molecule has 0 aliphatic heterocycles. The fourth-order valence-electron chi connectivity index (χ4n) is 3.29. The van der Waals surface area contributed by atoms with Crippen molar-refractivity contribution in [2.75, 3.05) is 12.0 Å². The first-order valence-corrected chi connectivity index (χ1v) is 10.3. The van der Waals surface area contributed by atoms with Gasteiger partial charge in [-0.3, -0.25) is 14.3 Å². The lowest BCUT2D eigenvalue weighted by Crippen LogP contribution is -2.30. The van der Waals surface area contributed by atoms with Gasteiger partial charge < -0.3 is 14.4 Å². The van der Waals surface area contributed by atoms with Crippen LogP contribution >= 0.6 is 0 Å². The summed E-state index contributed by atoms with van der Waals surface area (Å²) in [5.74, 6) is 0.833. The summed E-state index contributed by atoms with van der Waals surface area (Å²) in [6.45, 7) is 1.97. The van der Waals surface area contributed by atoms with Crippen molar-refractivity contribution in [2.24, 2.45) is 12.1 Å². The maximum absolute atomic E-state index is 12.6. The number of aryl methyl sites for hydroxylation is 2. The quantitative estimate of drug-likeness (QED) is 0.278. The Hall–Kier alpha value is -4.18. The zero-order chi connectivity index (χ0) is 23.4. The summed E-state index contributed by atoms with van der Waals surface area (Å²) in [6, 6.07) is 16.9. The molecule has 0 saturated carbocycles. The molecule has 1 atom stereocenters. The van der Waals surface area contributed by atoms with E-state index in [2.05, 4.69) is 20.5 Å². The number of fused-ring (bicyclic) bond motifs is 1. The molecule has 0 spiro atoms. The smallest absolute Gasteiger partial charge is 0.329 e. The lowest BCUT2D eigenvalue weighted by molar-refractivity contribution is 0.0938. The summed E-state index contributed by atoms with van der Waals surface area (Å²) in [7, 11) is 1.51. The van der Waals surface area contributed by atoms with Crippen molar-refractivity contribution in [3.8, 4) is 5.75 Å². The van der Waals surface area contributed by atoms with Crippen LogP contribution < -0.4 is 21.4 Å². The molecule has 2 aromatic carbocycles. The number of ether oxygens (including phenoxy) is 1. The third-order valence-corrected chi connectivity index (χ3v) is 5.04. The van der Waals surface area contributed by atoms with Gasteiger partial charge in [-0.05, 0) is 24.6 Å². The number of hydrogen-bond acceptors (Lipinski definition) is 7. The van der Waals surface area contributed by atoms with Crippen molar-refractivity contribution >= 4 is 23.3 Å². The molecular weight excluding hydrogens is 424 g/mol. The summed E-state index contributed by atoms with van der Waals surface area (Å²) < 4.78 is 8.38. The molecule has 3 N–H and O–H groups in total. The Balaban J connectivity index is 1.61. The molecular formula is C23H24N6O4. The van der Waals surface area contributed by atoms with Gasteiger partial charge in [-0.25, -0.2) is 10.2 Å². The van der Waals surface area contributed by atoms with Gasteiger partial charge in [-0.15, -0.1) is 0 Å². The van der Waals surface area contributed by atoms with Crippen molar-refractivity contribution in [1.29, 1.82) is 0 Å². The summed E-state index contributed by atoms with van der Waals surface area (Å²) in [6.07, 6.45) is 0.642. The van der Waals surface area contributed by atoms with Gasteiger partial charge >= 0.3 is 5.69 Å². The first-order chi connectivity index (χ1) is 15.9. The first-order valence-electron chi connectivity index (χ1n) is 10.3. The number of aromatic amines is 1. The molecule has 10 heteroatoms. The molecule has 2 aromatic heterocycles. The van der Waals surface area contributed by atoms with Crippen molar-refractivity contribution in [1.82, 2.24) is 19.1 Å². The van der Waals surface area contributed by atoms with Crippen LogP contribution in [0.3, 0.4) is 0 Å². The normalized spacial score (nSPS) is 12.3. The van der Waals surface area contributed by atoms with Gasteiger partial charge in [0.15, 0.2) is 11.2 Å². The van der Waals surface area contributed by atoms with Gasteiger partial charge in [-0.2, -0.15) is 10.1 Å². The molecule has 0 amide bonds. The van der Waals surface area contributed by atoms with Crippen LogP contribution in [0, 0.1) is 6.92 Å². The van der Waals surface area contributed by atoms with Gasteiger partial charge in [0.1, 0.15) is 18.5 Å². The van der Waals surface area contributed by atoms with E-state index in [4.69, 9.17) is 4.74 Å². The second-order valence-corrected chi connectivity index (χ2v) is 7.60. The van der Waals surface area contributed by atoms with Crippen LogP contribution in [0.1, 0.15) is 11.1 Å². The lowest BCUT2D eigenvalue weighted by atomic mass is 10.2. The highest BCUT2D eigenvalue weighted by Gasteiger charge is 2.20. The van der Waals surface area contributed by atoms with E-state index in [0.29, 0.717) is 5.75 Å². The van der Waals surface area contributed by atoms with Crippen LogP contribution in [0.2, 0.25) is 0 Å². The van der Waals surface area contributed by atoms with Crippen LogP contribution in [0.5, 0.6) is 5.75 Å². The monoisotopic (exact) mass is 448 g/mol. The third-order valence-electron chi connectivity index (χ3n) is 5.04. The predicted octanol–water partition coefficient (Wildman–Crippen LogP) is 1.62. The molecule has 4 aromatic rings. The Kier molecular flexibility index (Phi) is 6.36. The largest absolute Gasteiger partial charge is 0.491 e. The van der Waals surface area contributed by atoms with Gasteiger partial charge in [0.2, 0.25) is 5.95 Å². The van der Waals surface area contributed by atoms with E-state index in [1.165, 1.54) is 16.2 Å². The first kappa shape index (κ1) is 22.0. The second-order valence-electron chi connectivity index (χ2n) is 7.60. The zero-order valence-electron chi connectivity index (χ0n) is 18.2. The average Bonchev–Trinajstić information content (AvgIpc) is 3.16. The Morgan fingerprint density at radius 3 is 2.64 bits per heavy atom. The minimum Gasteiger partial charge on any atom is -0.491 e. The fourth-order valence-corrected chi connectivity index (χ4v) is 3.29. The van der Waals surface area contributed by atoms with E-state index in [0.717, 1.165) is 11.1 Å². The van der Waals surface area contributed by atoms with Crippen molar-refractivity contribution in [3.05, 3.63) is 86.6 Å². The highest BCUT2D eigenvalue weighted by atomic mass is 16.5. The Bertz CT molecular complexity index is 1390. The molecule has 170 valence electrons. The summed E-state index contributed by atoms with van der Waals surface area (Å²) in [5, 5.41) is 14.8. The van der Waals surface area contributed by atoms with Crippen LogP contribution in [-0.4, -0.2) is 43.1 Å². The lowest BCUT2D eigenvalue weighted by Gasteiger charge is -2.15. The molecule has 1 unspecified atom stereocenters. The van der Waals surface area contributed by atoms with E-state index in [1.807, 2.05) is 61.5 Å². The van der Waals surface area contributed by atoms with Crippen molar-refractivity contribution in [3.63, 3.8) is 0 Å². The number of nitrogens with one attached hydrogen (secondary N) is 2. The summed E-state index contributed by atoms with van der Waals surface area (Å²) >= 11 is 0. The van der Waals surface area contributed by atoms with Gasteiger partial charge in [0, 0.05) is 7.05 Å². The number of H-pyrrole nitrogens is 1. The number of nitrogens with zero attached hydrogens (tertiary/aromatic N) is 4. The maximum atomic E-state index is 12.6. The standard InChI is InChI=1S/C23H24N6O4/c1-15-8-10-18(11-9-15)33-14-17(30)13-29-19-20(28(2)23(32)26-21(19)31)25-22(29)27-24-12-16-6-4-3-5-7-16/h3-12,17,30H,13-14H2,1-2H3,(H,25,27)(H,26,31,32). The number of rotatable bonds is 8. The summed E-state index contributed by atoms with van der Waals surface area (Å²) in [4.78, 5) is 31.2. The van der Waals surface area contributed by atoms with E-state index in [1.54, 1.807) is 6.21 Å². The number of anilines is 1. The van der Waals surface area contributed by atoms with Crippen LogP contribution in [0.15, 0.2) is 69.3 Å². The predicted molar refractivity (Wildman–Crippen MR) is 126 cm³/mol. The topological polar surface area (TPSA) is 127 Å². The number of hydrazone groups is 1. The molecule has 0 fully saturated rings. The molecule has 0 aliphatic carbocycles. The van der Waals surface area contributed by atoms with E-state index < -0.39 is 17.4 Å². The molecule has 2 heterocycles.